The van der Waals surface area contributed by atoms with Crippen LogP contribution < -0.4 is 5.32 Å². The van der Waals surface area contributed by atoms with E-state index in [0.29, 0.717) is 21.5 Å². The summed E-state index contributed by atoms with van der Waals surface area (Å²) in [4.78, 5) is 12.3. The SMILES string of the molecule is CC1CCC(CO)(NC(=O)Cc2c(Cl)cccc2Cl)CC1. The van der Waals surface area contributed by atoms with E-state index >= 15 is 0 Å². The van der Waals surface area contributed by atoms with Gasteiger partial charge >= 0.3 is 0 Å². The zero-order valence-electron chi connectivity index (χ0n) is 12.2. The van der Waals surface area contributed by atoms with Crippen LogP contribution in [0.2, 0.25) is 10.0 Å². The molecule has 1 aromatic rings. The normalized spacial score (nSPS) is 25.6. The fourth-order valence-corrected chi connectivity index (χ4v) is 3.37. The van der Waals surface area contributed by atoms with Crippen LogP contribution in [0, 0.1) is 5.92 Å². The second kappa shape index (κ2) is 6.99. The van der Waals surface area contributed by atoms with Crippen LogP contribution in [0.25, 0.3) is 0 Å². The first-order valence-electron chi connectivity index (χ1n) is 7.30. The molecule has 0 radical (unpaired) electrons. The fraction of sp³-hybridized carbons (Fsp3) is 0.562. The Hall–Kier alpha value is -0.770. The molecule has 0 heterocycles. The van der Waals surface area contributed by atoms with Crippen molar-refractivity contribution in [3.8, 4) is 0 Å². The number of amides is 1. The molecule has 21 heavy (non-hydrogen) atoms. The van der Waals surface area contributed by atoms with Crippen LogP contribution in [0.5, 0.6) is 0 Å². The van der Waals surface area contributed by atoms with E-state index in [1.165, 1.54) is 0 Å². The van der Waals surface area contributed by atoms with E-state index in [2.05, 4.69) is 12.2 Å². The van der Waals surface area contributed by atoms with Crippen LogP contribution in [0.15, 0.2) is 18.2 Å². The van der Waals surface area contributed by atoms with Crippen LogP contribution >= 0.6 is 23.2 Å². The maximum atomic E-state index is 12.3. The summed E-state index contributed by atoms with van der Waals surface area (Å²) in [6.45, 7) is 2.17. The number of carbonyl (C=O) groups excluding carboxylic acids is 1. The van der Waals surface area contributed by atoms with Gasteiger partial charge in [0.25, 0.3) is 0 Å². The molecule has 1 aliphatic carbocycles. The second-order valence-electron chi connectivity index (χ2n) is 6.05. The lowest BCUT2D eigenvalue weighted by Gasteiger charge is -2.38. The van der Waals surface area contributed by atoms with Gasteiger partial charge in [0.2, 0.25) is 5.91 Å². The molecule has 0 saturated heterocycles. The van der Waals surface area contributed by atoms with Crippen LogP contribution in [0.4, 0.5) is 0 Å². The molecule has 2 rings (SSSR count). The third-order valence-electron chi connectivity index (χ3n) is 4.34. The Morgan fingerprint density at radius 3 is 2.43 bits per heavy atom. The van der Waals surface area contributed by atoms with Crippen molar-refractivity contribution in [2.24, 2.45) is 5.92 Å². The third kappa shape index (κ3) is 4.12. The lowest BCUT2D eigenvalue weighted by molar-refractivity contribution is -0.123. The van der Waals surface area contributed by atoms with E-state index in [1.54, 1.807) is 18.2 Å². The molecule has 0 spiro atoms. The monoisotopic (exact) mass is 329 g/mol. The first-order valence-corrected chi connectivity index (χ1v) is 8.06. The number of nitrogens with one attached hydrogen (secondary N) is 1. The maximum Gasteiger partial charge on any atom is 0.225 e. The molecule has 0 aliphatic heterocycles. The van der Waals surface area contributed by atoms with Crippen molar-refractivity contribution in [3.05, 3.63) is 33.8 Å². The highest BCUT2D eigenvalue weighted by molar-refractivity contribution is 6.36. The lowest BCUT2D eigenvalue weighted by atomic mass is 9.77. The Morgan fingerprint density at radius 2 is 1.90 bits per heavy atom. The second-order valence-corrected chi connectivity index (χ2v) is 6.86. The molecule has 0 unspecified atom stereocenters. The van der Waals surface area contributed by atoms with Gasteiger partial charge in [0, 0.05) is 10.0 Å². The molecule has 1 amide bonds. The average Bonchev–Trinajstić information content (AvgIpc) is 2.46. The van der Waals surface area contributed by atoms with Gasteiger partial charge in [0.15, 0.2) is 0 Å². The average molecular weight is 330 g/mol. The van der Waals surface area contributed by atoms with Gasteiger partial charge in [-0.25, -0.2) is 0 Å². The van der Waals surface area contributed by atoms with Gasteiger partial charge in [-0.2, -0.15) is 0 Å². The number of hydrogen-bond acceptors (Lipinski definition) is 2. The summed E-state index contributed by atoms with van der Waals surface area (Å²) in [7, 11) is 0. The zero-order valence-corrected chi connectivity index (χ0v) is 13.7. The molecule has 1 aromatic carbocycles. The molecule has 5 heteroatoms. The number of aliphatic hydroxyl groups is 1. The van der Waals surface area contributed by atoms with Crippen molar-refractivity contribution in [1.29, 1.82) is 0 Å². The molecule has 3 nitrogen and oxygen atoms in total. The van der Waals surface area contributed by atoms with Gasteiger partial charge in [-0.05, 0) is 49.3 Å². The predicted molar refractivity (Wildman–Crippen MR) is 85.8 cm³/mol. The molecule has 1 fully saturated rings. The fourth-order valence-electron chi connectivity index (χ4n) is 2.84. The molecular weight excluding hydrogens is 309 g/mol. The highest BCUT2D eigenvalue weighted by Crippen LogP contribution is 2.32. The van der Waals surface area contributed by atoms with E-state index < -0.39 is 5.54 Å². The van der Waals surface area contributed by atoms with E-state index in [1.807, 2.05) is 0 Å². The van der Waals surface area contributed by atoms with Crippen molar-refractivity contribution in [2.75, 3.05) is 6.61 Å². The molecular formula is C16H21Cl2NO2. The molecule has 0 atom stereocenters. The summed E-state index contributed by atoms with van der Waals surface area (Å²) in [5, 5.41) is 13.7. The topological polar surface area (TPSA) is 49.3 Å². The molecule has 1 aliphatic rings. The minimum Gasteiger partial charge on any atom is -0.394 e. The maximum absolute atomic E-state index is 12.3. The summed E-state index contributed by atoms with van der Waals surface area (Å²) in [5.74, 6) is 0.508. The van der Waals surface area contributed by atoms with Gasteiger partial charge in [0.05, 0.1) is 18.6 Å². The van der Waals surface area contributed by atoms with Crippen LogP contribution in [-0.4, -0.2) is 23.2 Å². The Balaban J connectivity index is 2.04. The number of aliphatic hydroxyl groups excluding tert-OH is 1. The quantitative estimate of drug-likeness (QED) is 0.886. The minimum absolute atomic E-state index is 0.0261. The first-order chi connectivity index (χ1) is 9.96. The number of carbonyl (C=O) groups is 1. The summed E-state index contributed by atoms with van der Waals surface area (Å²) in [5.41, 5.74) is 0.146. The highest BCUT2D eigenvalue weighted by Gasteiger charge is 2.35. The van der Waals surface area contributed by atoms with Crippen LogP contribution in [-0.2, 0) is 11.2 Å². The van der Waals surface area contributed by atoms with Gasteiger partial charge in [0.1, 0.15) is 0 Å². The molecule has 0 bridgehead atoms. The van der Waals surface area contributed by atoms with Crippen molar-refractivity contribution in [1.82, 2.24) is 5.32 Å². The Bertz CT molecular complexity index is 491. The smallest absolute Gasteiger partial charge is 0.225 e. The van der Waals surface area contributed by atoms with E-state index in [0.717, 1.165) is 25.7 Å². The van der Waals surface area contributed by atoms with Gasteiger partial charge < -0.3 is 10.4 Å². The van der Waals surface area contributed by atoms with Crippen molar-refractivity contribution in [3.63, 3.8) is 0 Å². The van der Waals surface area contributed by atoms with Gasteiger partial charge in [-0.3, -0.25) is 4.79 Å². The Morgan fingerprint density at radius 1 is 1.33 bits per heavy atom. The van der Waals surface area contributed by atoms with Crippen molar-refractivity contribution in [2.45, 2.75) is 44.6 Å². The summed E-state index contributed by atoms with van der Waals surface area (Å²) >= 11 is 12.2. The summed E-state index contributed by atoms with van der Waals surface area (Å²) in [6.07, 6.45) is 3.80. The van der Waals surface area contributed by atoms with E-state index in [9.17, 15) is 9.90 Å². The largest absolute Gasteiger partial charge is 0.394 e. The zero-order chi connectivity index (χ0) is 15.5. The lowest BCUT2D eigenvalue weighted by Crippen LogP contribution is -2.53. The number of hydrogen-bond donors (Lipinski definition) is 2. The van der Waals surface area contributed by atoms with E-state index in [-0.39, 0.29) is 18.9 Å². The van der Waals surface area contributed by atoms with Gasteiger partial charge in [-0.1, -0.05) is 36.2 Å². The first kappa shape index (κ1) is 16.6. The summed E-state index contributed by atoms with van der Waals surface area (Å²) in [6, 6.07) is 5.20. The standard InChI is InChI=1S/C16H21Cl2NO2/c1-11-5-7-16(10-20,8-6-11)19-15(21)9-12-13(17)3-2-4-14(12)18/h2-4,11,20H,5-10H2,1H3,(H,19,21). The molecule has 1 saturated carbocycles. The number of rotatable bonds is 4. The minimum atomic E-state index is -0.489. The molecule has 0 aromatic heterocycles. The van der Waals surface area contributed by atoms with Crippen molar-refractivity contribution < 1.29 is 9.90 Å². The van der Waals surface area contributed by atoms with Crippen LogP contribution in [0.3, 0.4) is 0 Å². The van der Waals surface area contributed by atoms with E-state index in [4.69, 9.17) is 23.2 Å². The number of halogens is 2. The van der Waals surface area contributed by atoms with Crippen molar-refractivity contribution >= 4 is 29.1 Å². The number of benzene rings is 1. The molecule has 116 valence electrons. The summed E-state index contributed by atoms with van der Waals surface area (Å²) < 4.78 is 0. The van der Waals surface area contributed by atoms with Gasteiger partial charge in [-0.15, -0.1) is 0 Å². The predicted octanol–water partition coefficient (Wildman–Crippen LogP) is 3.59. The molecule has 2 N–H and O–H groups in total. The Labute approximate surface area is 135 Å². The third-order valence-corrected chi connectivity index (χ3v) is 5.05. The highest BCUT2D eigenvalue weighted by atomic mass is 35.5. The Kier molecular flexibility index (Phi) is 5.53. The van der Waals surface area contributed by atoms with Crippen LogP contribution in [0.1, 0.15) is 38.2 Å².